The van der Waals surface area contributed by atoms with Gasteiger partial charge >= 0.3 is 5.69 Å². The molecule has 0 aliphatic heterocycles. The van der Waals surface area contributed by atoms with Gasteiger partial charge in [-0.1, -0.05) is 23.4 Å². The van der Waals surface area contributed by atoms with Crippen molar-refractivity contribution in [2.45, 2.75) is 16.8 Å². The van der Waals surface area contributed by atoms with Gasteiger partial charge in [-0.2, -0.15) is 4.98 Å². The van der Waals surface area contributed by atoms with E-state index in [4.69, 9.17) is 16.3 Å². The summed E-state index contributed by atoms with van der Waals surface area (Å²) in [4.78, 5) is 19.2. The first-order chi connectivity index (χ1) is 9.61. The number of nitro groups is 1. The second-order valence-electron chi connectivity index (χ2n) is 3.58. The summed E-state index contributed by atoms with van der Waals surface area (Å²) in [5.74, 6) is -0.0241. The Bertz CT molecular complexity index is 622. The number of ether oxygens (including phenoxy) is 1. The monoisotopic (exact) mass is 311 g/mol. The van der Waals surface area contributed by atoms with Crippen LogP contribution in [0.3, 0.4) is 0 Å². The van der Waals surface area contributed by atoms with E-state index in [2.05, 4.69) is 9.97 Å². The molecule has 0 aliphatic carbocycles. The lowest BCUT2D eigenvalue weighted by Gasteiger charge is -2.06. The van der Waals surface area contributed by atoms with Crippen LogP contribution in [0.5, 0.6) is 5.88 Å². The van der Waals surface area contributed by atoms with Crippen molar-refractivity contribution in [3.05, 3.63) is 45.7 Å². The highest BCUT2D eigenvalue weighted by atomic mass is 35.5. The highest BCUT2D eigenvalue weighted by Gasteiger charge is 2.24. The van der Waals surface area contributed by atoms with Crippen molar-refractivity contribution in [3.8, 4) is 5.88 Å². The van der Waals surface area contributed by atoms with Gasteiger partial charge in [0.25, 0.3) is 5.88 Å². The fourth-order valence-corrected chi connectivity index (χ4v) is 2.41. The maximum atomic E-state index is 11.2. The van der Waals surface area contributed by atoms with Crippen LogP contribution in [0, 0.1) is 10.1 Å². The molecule has 0 amide bonds. The molecule has 2 rings (SSSR count). The largest absolute Gasteiger partial charge is 0.473 e. The molecule has 0 saturated heterocycles. The molecule has 1 aromatic carbocycles. The van der Waals surface area contributed by atoms with Crippen LogP contribution in [0.4, 0.5) is 5.69 Å². The minimum absolute atomic E-state index is 0.0241. The van der Waals surface area contributed by atoms with Crippen molar-refractivity contribution in [1.29, 1.82) is 0 Å². The molecule has 20 heavy (non-hydrogen) atoms. The van der Waals surface area contributed by atoms with Crippen LogP contribution in [0.15, 0.2) is 40.5 Å². The molecule has 0 fully saturated rings. The SMILES string of the molecule is CCOc1ncnc(Sc2ccc(Cl)cc2)c1[N+](=O)[O-]. The zero-order valence-electron chi connectivity index (χ0n) is 10.4. The molecule has 2 aromatic rings. The van der Waals surface area contributed by atoms with E-state index < -0.39 is 4.92 Å². The molecule has 1 heterocycles. The lowest BCUT2D eigenvalue weighted by molar-refractivity contribution is -0.389. The molecule has 0 radical (unpaired) electrons. The van der Waals surface area contributed by atoms with Crippen molar-refractivity contribution in [2.24, 2.45) is 0 Å². The summed E-state index contributed by atoms with van der Waals surface area (Å²) in [6.07, 6.45) is 1.25. The van der Waals surface area contributed by atoms with Crippen molar-refractivity contribution in [3.63, 3.8) is 0 Å². The topological polar surface area (TPSA) is 78.2 Å². The third kappa shape index (κ3) is 3.37. The standard InChI is InChI=1S/C12H10ClN3O3S/c1-2-19-11-10(16(17)18)12(15-7-14-11)20-9-5-3-8(13)4-6-9/h3-7H,2H2,1H3. The van der Waals surface area contributed by atoms with Gasteiger partial charge in [-0.25, -0.2) is 4.98 Å². The van der Waals surface area contributed by atoms with Gasteiger partial charge in [-0.05, 0) is 31.2 Å². The van der Waals surface area contributed by atoms with Gasteiger partial charge in [0, 0.05) is 9.92 Å². The Morgan fingerprint density at radius 1 is 1.35 bits per heavy atom. The first kappa shape index (κ1) is 14.5. The van der Waals surface area contributed by atoms with E-state index in [0.29, 0.717) is 11.6 Å². The molecule has 104 valence electrons. The van der Waals surface area contributed by atoms with Crippen LogP contribution < -0.4 is 4.74 Å². The van der Waals surface area contributed by atoms with E-state index in [1.54, 1.807) is 31.2 Å². The summed E-state index contributed by atoms with van der Waals surface area (Å²) in [7, 11) is 0. The number of hydrogen-bond acceptors (Lipinski definition) is 6. The maximum Gasteiger partial charge on any atom is 0.363 e. The number of rotatable bonds is 5. The molecule has 8 heteroatoms. The first-order valence-corrected chi connectivity index (χ1v) is 6.87. The molecule has 0 aliphatic rings. The average molecular weight is 312 g/mol. The Morgan fingerprint density at radius 2 is 2.05 bits per heavy atom. The molecule has 0 atom stereocenters. The van der Waals surface area contributed by atoms with Crippen LogP contribution in [-0.4, -0.2) is 21.5 Å². The average Bonchev–Trinajstić information content (AvgIpc) is 2.41. The summed E-state index contributed by atoms with van der Waals surface area (Å²) < 4.78 is 5.17. The number of nitrogens with zero attached hydrogens (tertiary/aromatic N) is 3. The lowest BCUT2D eigenvalue weighted by atomic mass is 10.4. The predicted octanol–water partition coefficient (Wildman–Crippen LogP) is 3.59. The molecule has 6 nitrogen and oxygen atoms in total. The minimum Gasteiger partial charge on any atom is -0.473 e. The fraction of sp³-hybridized carbons (Fsp3) is 0.167. The Balaban J connectivity index is 2.37. The van der Waals surface area contributed by atoms with E-state index in [9.17, 15) is 10.1 Å². The molecule has 0 unspecified atom stereocenters. The second-order valence-corrected chi connectivity index (χ2v) is 5.08. The normalized spacial score (nSPS) is 10.3. The molecular formula is C12H10ClN3O3S. The highest BCUT2D eigenvalue weighted by Crippen LogP contribution is 2.37. The summed E-state index contributed by atoms with van der Waals surface area (Å²) in [6, 6.07) is 6.94. The lowest BCUT2D eigenvalue weighted by Crippen LogP contribution is -2.02. The predicted molar refractivity (Wildman–Crippen MR) is 75.4 cm³/mol. The van der Waals surface area contributed by atoms with Crippen LogP contribution in [0.25, 0.3) is 0 Å². The highest BCUT2D eigenvalue weighted by molar-refractivity contribution is 7.99. The number of benzene rings is 1. The Kier molecular flexibility index (Phi) is 4.75. The summed E-state index contributed by atoms with van der Waals surface area (Å²) in [6.45, 7) is 2.03. The maximum absolute atomic E-state index is 11.2. The van der Waals surface area contributed by atoms with Crippen LogP contribution in [-0.2, 0) is 0 Å². The molecule has 1 aromatic heterocycles. The fourth-order valence-electron chi connectivity index (χ4n) is 1.43. The number of aromatic nitrogens is 2. The van der Waals surface area contributed by atoms with Gasteiger partial charge in [-0.15, -0.1) is 0 Å². The molecule has 0 bridgehead atoms. The molecule has 0 saturated carbocycles. The molecule has 0 spiro atoms. The summed E-state index contributed by atoms with van der Waals surface area (Å²) >= 11 is 6.96. The first-order valence-electron chi connectivity index (χ1n) is 5.67. The van der Waals surface area contributed by atoms with Crippen molar-refractivity contribution in [1.82, 2.24) is 9.97 Å². The smallest absolute Gasteiger partial charge is 0.363 e. The summed E-state index contributed by atoms with van der Waals surface area (Å²) in [5.41, 5.74) is -0.227. The van der Waals surface area contributed by atoms with E-state index in [0.717, 1.165) is 16.7 Å². The Hall–Kier alpha value is -1.86. The van der Waals surface area contributed by atoms with Gasteiger partial charge in [-0.3, -0.25) is 10.1 Å². The van der Waals surface area contributed by atoms with E-state index >= 15 is 0 Å². The van der Waals surface area contributed by atoms with Gasteiger partial charge in [0.2, 0.25) is 0 Å². The van der Waals surface area contributed by atoms with Crippen LogP contribution >= 0.6 is 23.4 Å². The third-order valence-electron chi connectivity index (χ3n) is 2.25. The second kappa shape index (κ2) is 6.53. The van der Waals surface area contributed by atoms with E-state index in [1.165, 1.54) is 6.33 Å². The quantitative estimate of drug-likeness (QED) is 0.477. The number of halogens is 1. The van der Waals surface area contributed by atoms with Gasteiger partial charge in [0.15, 0.2) is 5.03 Å². The molecular weight excluding hydrogens is 302 g/mol. The van der Waals surface area contributed by atoms with Crippen molar-refractivity contribution >= 4 is 29.1 Å². The van der Waals surface area contributed by atoms with Gasteiger partial charge in [0.05, 0.1) is 11.5 Å². The third-order valence-corrected chi connectivity index (χ3v) is 3.50. The van der Waals surface area contributed by atoms with Crippen molar-refractivity contribution in [2.75, 3.05) is 6.61 Å². The zero-order chi connectivity index (χ0) is 14.5. The van der Waals surface area contributed by atoms with E-state index in [-0.39, 0.29) is 16.6 Å². The van der Waals surface area contributed by atoms with Gasteiger partial charge < -0.3 is 4.74 Å². The van der Waals surface area contributed by atoms with Crippen LogP contribution in [0.1, 0.15) is 6.92 Å². The zero-order valence-corrected chi connectivity index (χ0v) is 12.0. The van der Waals surface area contributed by atoms with E-state index in [1.807, 2.05) is 0 Å². The summed E-state index contributed by atoms with van der Waals surface area (Å²) in [5, 5.41) is 12.0. The molecule has 0 N–H and O–H groups in total. The number of hydrogen-bond donors (Lipinski definition) is 0. The Morgan fingerprint density at radius 3 is 2.65 bits per heavy atom. The Labute approximate surface area is 124 Å². The van der Waals surface area contributed by atoms with Gasteiger partial charge in [0.1, 0.15) is 6.33 Å². The van der Waals surface area contributed by atoms with Crippen LogP contribution in [0.2, 0.25) is 5.02 Å². The minimum atomic E-state index is -0.538. The van der Waals surface area contributed by atoms with Crippen molar-refractivity contribution < 1.29 is 9.66 Å².